The predicted molar refractivity (Wildman–Crippen MR) is 136 cm³/mol. The van der Waals surface area contributed by atoms with Gasteiger partial charge < -0.3 is 26.3 Å². The highest BCUT2D eigenvalue weighted by molar-refractivity contribution is 5.80. The lowest BCUT2D eigenvalue weighted by atomic mass is 10.0. The summed E-state index contributed by atoms with van der Waals surface area (Å²) in [5, 5.41) is 3.49. The minimum absolute atomic E-state index is 0.290. The number of nitrogens with two attached hydrogens (primary N) is 2. The van der Waals surface area contributed by atoms with Gasteiger partial charge in [-0.15, -0.1) is 0 Å². The van der Waals surface area contributed by atoms with Crippen molar-refractivity contribution >= 4 is 11.6 Å². The molecule has 1 fully saturated rings. The molecule has 0 radical (unpaired) electrons. The molecule has 34 heavy (non-hydrogen) atoms. The third kappa shape index (κ3) is 6.08. The molecule has 0 saturated heterocycles. The fraction of sp³-hybridized carbons (Fsp3) is 0.321. The molecule has 0 unspecified atom stereocenters. The average Bonchev–Trinajstić information content (AvgIpc) is 3.37. The standard InChI is InChI=1S/C28H33N3O3/c1-33-26-15-8-20(17-27(26)34-24-4-2-3-5-24)18-31-23-13-11-22(12-14-23)21-9-6-19(7-10-21)16-25(29)28(30)32/h6-15,17,24-25,31H,2-5,16,18,29H2,1H3,(H2,30,32)/t25-/m0/s1. The summed E-state index contributed by atoms with van der Waals surface area (Å²) < 4.78 is 11.7. The zero-order chi connectivity index (χ0) is 23.9. The van der Waals surface area contributed by atoms with Gasteiger partial charge in [0, 0.05) is 12.2 Å². The molecule has 3 aromatic rings. The second kappa shape index (κ2) is 11.1. The molecule has 3 aromatic carbocycles. The van der Waals surface area contributed by atoms with Crippen LogP contribution in [0, 0.1) is 0 Å². The summed E-state index contributed by atoms with van der Waals surface area (Å²) in [6.07, 6.45) is 5.43. The van der Waals surface area contributed by atoms with E-state index >= 15 is 0 Å². The van der Waals surface area contributed by atoms with Crippen molar-refractivity contribution in [3.63, 3.8) is 0 Å². The molecule has 1 atom stereocenters. The van der Waals surface area contributed by atoms with Crippen molar-refractivity contribution in [1.82, 2.24) is 0 Å². The molecular formula is C28H33N3O3. The summed E-state index contributed by atoms with van der Waals surface area (Å²) in [6.45, 7) is 0.694. The summed E-state index contributed by atoms with van der Waals surface area (Å²) >= 11 is 0. The molecule has 6 nitrogen and oxygen atoms in total. The van der Waals surface area contributed by atoms with Crippen molar-refractivity contribution in [2.75, 3.05) is 12.4 Å². The van der Waals surface area contributed by atoms with Crippen molar-refractivity contribution in [2.24, 2.45) is 11.5 Å². The summed E-state index contributed by atoms with van der Waals surface area (Å²) in [5.74, 6) is 1.12. The van der Waals surface area contributed by atoms with Gasteiger partial charge in [-0.05, 0) is 78.6 Å². The molecule has 0 aromatic heterocycles. The first-order chi connectivity index (χ1) is 16.5. The number of amides is 1. The van der Waals surface area contributed by atoms with Gasteiger partial charge in [-0.3, -0.25) is 4.79 Å². The number of carbonyl (C=O) groups is 1. The molecule has 6 heteroatoms. The minimum Gasteiger partial charge on any atom is -0.493 e. The number of rotatable bonds is 10. The molecule has 178 valence electrons. The maximum absolute atomic E-state index is 11.2. The third-order valence-corrected chi connectivity index (χ3v) is 6.31. The van der Waals surface area contributed by atoms with Gasteiger partial charge in [-0.2, -0.15) is 0 Å². The molecule has 0 aliphatic heterocycles. The van der Waals surface area contributed by atoms with Gasteiger partial charge in [0.25, 0.3) is 0 Å². The van der Waals surface area contributed by atoms with Crippen molar-refractivity contribution in [3.8, 4) is 22.6 Å². The first-order valence-electron chi connectivity index (χ1n) is 11.8. The van der Waals surface area contributed by atoms with E-state index in [9.17, 15) is 4.79 Å². The van der Waals surface area contributed by atoms with Gasteiger partial charge in [0.15, 0.2) is 11.5 Å². The van der Waals surface area contributed by atoms with Crippen LogP contribution in [0.2, 0.25) is 0 Å². The predicted octanol–water partition coefficient (Wildman–Crippen LogP) is 4.65. The zero-order valence-electron chi connectivity index (χ0n) is 19.6. The number of methoxy groups -OCH3 is 1. The number of primary amides is 1. The molecule has 1 amide bonds. The minimum atomic E-state index is -0.660. The first-order valence-corrected chi connectivity index (χ1v) is 11.8. The maximum atomic E-state index is 11.2. The number of anilines is 1. The van der Waals surface area contributed by atoms with Gasteiger partial charge in [0.05, 0.1) is 19.3 Å². The lowest BCUT2D eigenvalue weighted by Crippen LogP contribution is -2.38. The number of nitrogens with one attached hydrogen (secondary N) is 1. The Bertz CT molecular complexity index is 1090. The highest BCUT2D eigenvalue weighted by Gasteiger charge is 2.18. The van der Waals surface area contributed by atoms with Crippen LogP contribution in [0.4, 0.5) is 5.69 Å². The zero-order valence-corrected chi connectivity index (χ0v) is 19.6. The van der Waals surface area contributed by atoms with Crippen molar-refractivity contribution in [1.29, 1.82) is 0 Å². The highest BCUT2D eigenvalue weighted by atomic mass is 16.5. The Kier molecular flexibility index (Phi) is 7.70. The number of benzene rings is 3. The highest BCUT2D eigenvalue weighted by Crippen LogP contribution is 2.32. The molecule has 1 saturated carbocycles. The van der Waals surface area contributed by atoms with Crippen molar-refractivity contribution in [2.45, 2.75) is 50.8 Å². The Balaban J connectivity index is 1.36. The number of hydrogen-bond acceptors (Lipinski definition) is 5. The monoisotopic (exact) mass is 459 g/mol. The molecule has 5 N–H and O–H groups in total. The van der Waals surface area contributed by atoms with Gasteiger partial charge in [-0.1, -0.05) is 42.5 Å². The summed E-state index contributed by atoms with van der Waals surface area (Å²) in [7, 11) is 1.68. The van der Waals surface area contributed by atoms with Crippen LogP contribution in [0.15, 0.2) is 66.7 Å². The topological polar surface area (TPSA) is 99.6 Å². The lowest BCUT2D eigenvalue weighted by molar-refractivity contribution is -0.119. The van der Waals surface area contributed by atoms with E-state index in [-0.39, 0.29) is 0 Å². The lowest BCUT2D eigenvalue weighted by Gasteiger charge is -2.17. The Morgan fingerprint density at radius 2 is 1.56 bits per heavy atom. The van der Waals surface area contributed by atoms with Crippen molar-refractivity contribution < 1.29 is 14.3 Å². The van der Waals surface area contributed by atoms with E-state index in [4.69, 9.17) is 20.9 Å². The SMILES string of the molecule is COc1ccc(CNc2ccc(-c3ccc(C[C@H](N)C(N)=O)cc3)cc2)cc1OC1CCCC1. The molecular weight excluding hydrogens is 426 g/mol. The normalized spacial score (nSPS) is 14.5. The van der Waals surface area contributed by atoms with E-state index in [1.807, 2.05) is 30.3 Å². The molecule has 0 heterocycles. The number of hydrogen-bond donors (Lipinski definition) is 3. The van der Waals surface area contributed by atoms with Crippen LogP contribution in [0.3, 0.4) is 0 Å². The number of carbonyl (C=O) groups excluding carboxylic acids is 1. The van der Waals surface area contributed by atoms with Crippen LogP contribution < -0.4 is 26.3 Å². The Morgan fingerprint density at radius 3 is 2.18 bits per heavy atom. The average molecular weight is 460 g/mol. The van der Waals surface area contributed by atoms with E-state index < -0.39 is 11.9 Å². The number of ether oxygens (including phenoxy) is 2. The van der Waals surface area contributed by atoms with Gasteiger partial charge in [0.2, 0.25) is 5.91 Å². The van der Waals surface area contributed by atoms with E-state index in [0.29, 0.717) is 19.1 Å². The Labute approximate surface area is 201 Å². The molecule has 0 spiro atoms. The summed E-state index contributed by atoms with van der Waals surface area (Å²) in [4.78, 5) is 11.2. The fourth-order valence-electron chi connectivity index (χ4n) is 4.28. The van der Waals surface area contributed by atoms with Crippen LogP contribution in [0.5, 0.6) is 11.5 Å². The van der Waals surface area contributed by atoms with Crippen LogP contribution in [0.25, 0.3) is 11.1 Å². The van der Waals surface area contributed by atoms with Gasteiger partial charge in [-0.25, -0.2) is 0 Å². The van der Waals surface area contributed by atoms with Crippen LogP contribution >= 0.6 is 0 Å². The van der Waals surface area contributed by atoms with Crippen LogP contribution in [0.1, 0.15) is 36.8 Å². The van der Waals surface area contributed by atoms with Gasteiger partial charge >= 0.3 is 0 Å². The van der Waals surface area contributed by atoms with Crippen LogP contribution in [-0.2, 0) is 17.8 Å². The smallest absolute Gasteiger partial charge is 0.234 e. The molecule has 1 aliphatic rings. The Hall–Kier alpha value is -3.51. The van der Waals surface area contributed by atoms with E-state index in [2.05, 4.69) is 41.7 Å². The second-order valence-corrected chi connectivity index (χ2v) is 8.85. The third-order valence-electron chi connectivity index (χ3n) is 6.31. The quantitative estimate of drug-likeness (QED) is 0.410. The summed E-state index contributed by atoms with van der Waals surface area (Å²) in [5.41, 5.74) is 16.4. The van der Waals surface area contributed by atoms with Crippen LogP contribution in [-0.4, -0.2) is 25.2 Å². The van der Waals surface area contributed by atoms with E-state index in [1.54, 1.807) is 7.11 Å². The van der Waals surface area contributed by atoms with Gasteiger partial charge in [0.1, 0.15) is 0 Å². The first kappa shape index (κ1) is 23.6. The molecule has 1 aliphatic carbocycles. The largest absolute Gasteiger partial charge is 0.493 e. The Morgan fingerprint density at radius 1 is 0.941 bits per heavy atom. The maximum Gasteiger partial charge on any atom is 0.234 e. The van der Waals surface area contributed by atoms with E-state index in [0.717, 1.165) is 52.3 Å². The van der Waals surface area contributed by atoms with Crippen molar-refractivity contribution in [3.05, 3.63) is 77.9 Å². The fourth-order valence-corrected chi connectivity index (χ4v) is 4.28. The van der Waals surface area contributed by atoms with E-state index in [1.165, 1.54) is 12.8 Å². The summed E-state index contributed by atoms with van der Waals surface area (Å²) in [6, 6.07) is 21.8. The molecule has 4 rings (SSSR count). The second-order valence-electron chi connectivity index (χ2n) is 8.85. The molecule has 0 bridgehead atoms.